The van der Waals surface area contributed by atoms with Gasteiger partial charge in [0.25, 0.3) is 0 Å². The average molecular weight is 241 g/mol. The summed E-state index contributed by atoms with van der Waals surface area (Å²) in [5.41, 5.74) is 0. The minimum Gasteiger partial charge on any atom is -0.468 e. The minimum absolute atomic E-state index is 0.723. The number of hydrogen-bond acceptors (Lipinski definition) is 4. The second-order valence-electron chi connectivity index (χ2n) is 4.12. The summed E-state index contributed by atoms with van der Waals surface area (Å²) < 4.78 is 10.6. The Morgan fingerprint density at radius 1 is 1.56 bits per heavy atom. The Morgan fingerprint density at radius 3 is 3.19 bits per heavy atom. The van der Waals surface area contributed by atoms with Gasteiger partial charge in [0.05, 0.1) is 12.9 Å². The maximum atomic E-state index is 5.33. The van der Waals surface area contributed by atoms with Gasteiger partial charge in [-0.05, 0) is 25.3 Å². The van der Waals surface area contributed by atoms with Crippen molar-refractivity contribution in [2.24, 2.45) is 5.92 Å². The number of ether oxygens (including phenoxy) is 1. The molecule has 2 heterocycles. The summed E-state index contributed by atoms with van der Waals surface area (Å²) in [5.74, 6) is 2.84. The molecule has 1 aliphatic heterocycles. The molecule has 3 nitrogen and oxygen atoms in total. The van der Waals surface area contributed by atoms with Crippen molar-refractivity contribution in [1.82, 2.24) is 5.32 Å². The highest BCUT2D eigenvalue weighted by Crippen LogP contribution is 2.22. The summed E-state index contributed by atoms with van der Waals surface area (Å²) in [7, 11) is 0. The molecule has 1 atom stereocenters. The van der Waals surface area contributed by atoms with E-state index in [0.29, 0.717) is 0 Å². The molecule has 1 aliphatic rings. The highest BCUT2D eigenvalue weighted by molar-refractivity contribution is 7.99. The van der Waals surface area contributed by atoms with Crippen molar-refractivity contribution in [2.75, 3.05) is 32.1 Å². The van der Waals surface area contributed by atoms with Gasteiger partial charge in [0.2, 0.25) is 0 Å². The molecule has 16 heavy (non-hydrogen) atoms. The SMILES string of the molecule is Cc1occc1SCCNCC1CCOC1. The molecule has 1 N–H and O–H groups in total. The fraction of sp³-hybridized carbons (Fsp3) is 0.667. The molecule has 0 spiro atoms. The van der Waals surface area contributed by atoms with Gasteiger partial charge in [-0.2, -0.15) is 0 Å². The van der Waals surface area contributed by atoms with Crippen LogP contribution < -0.4 is 5.32 Å². The van der Waals surface area contributed by atoms with E-state index in [2.05, 4.69) is 5.32 Å². The molecule has 0 aromatic carbocycles. The highest BCUT2D eigenvalue weighted by Gasteiger charge is 2.14. The van der Waals surface area contributed by atoms with E-state index < -0.39 is 0 Å². The van der Waals surface area contributed by atoms with Gasteiger partial charge in [-0.15, -0.1) is 11.8 Å². The number of aryl methyl sites for hydroxylation is 1. The monoisotopic (exact) mass is 241 g/mol. The fourth-order valence-electron chi connectivity index (χ4n) is 1.81. The summed E-state index contributed by atoms with van der Waals surface area (Å²) in [5, 5.41) is 3.48. The lowest BCUT2D eigenvalue weighted by atomic mass is 10.1. The van der Waals surface area contributed by atoms with Crippen molar-refractivity contribution in [2.45, 2.75) is 18.2 Å². The molecule has 0 aliphatic carbocycles. The third-order valence-corrected chi connectivity index (χ3v) is 3.95. The third-order valence-electron chi connectivity index (χ3n) is 2.80. The molecule has 0 bridgehead atoms. The zero-order chi connectivity index (χ0) is 11.2. The van der Waals surface area contributed by atoms with E-state index in [4.69, 9.17) is 9.15 Å². The van der Waals surface area contributed by atoms with Crippen molar-refractivity contribution in [3.8, 4) is 0 Å². The Hall–Kier alpha value is -0.450. The topological polar surface area (TPSA) is 34.4 Å². The Labute approximate surface area is 101 Å². The Balaban J connectivity index is 1.53. The molecule has 1 saturated heterocycles. The average Bonchev–Trinajstić information content (AvgIpc) is 2.90. The van der Waals surface area contributed by atoms with E-state index in [0.717, 1.165) is 43.7 Å². The quantitative estimate of drug-likeness (QED) is 0.612. The smallest absolute Gasteiger partial charge is 0.114 e. The van der Waals surface area contributed by atoms with Crippen molar-refractivity contribution in [3.63, 3.8) is 0 Å². The first-order valence-electron chi connectivity index (χ1n) is 5.81. The van der Waals surface area contributed by atoms with Gasteiger partial charge in [0.1, 0.15) is 5.76 Å². The first-order valence-corrected chi connectivity index (χ1v) is 6.80. The largest absolute Gasteiger partial charge is 0.468 e. The zero-order valence-electron chi connectivity index (χ0n) is 9.70. The van der Waals surface area contributed by atoms with Crippen molar-refractivity contribution in [3.05, 3.63) is 18.1 Å². The molecule has 1 aromatic heterocycles. The molecular weight excluding hydrogens is 222 g/mol. The molecule has 1 fully saturated rings. The first kappa shape index (κ1) is 12.0. The predicted octanol–water partition coefficient (Wildman–Crippen LogP) is 2.31. The van der Waals surface area contributed by atoms with E-state index in [9.17, 15) is 0 Å². The van der Waals surface area contributed by atoms with Crippen molar-refractivity contribution in [1.29, 1.82) is 0 Å². The van der Waals surface area contributed by atoms with Crippen LogP contribution in [0, 0.1) is 12.8 Å². The van der Waals surface area contributed by atoms with Crippen LogP contribution in [0.3, 0.4) is 0 Å². The van der Waals surface area contributed by atoms with Gasteiger partial charge in [-0.3, -0.25) is 0 Å². The van der Waals surface area contributed by atoms with E-state index in [1.165, 1.54) is 11.3 Å². The van der Waals surface area contributed by atoms with Crippen LogP contribution in [0.2, 0.25) is 0 Å². The molecule has 4 heteroatoms. The molecule has 0 saturated carbocycles. The lowest BCUT2D eigenvalue weighted by Crippen LogP contribution is -2.25. The number of nitrogens with one attached hydrogen (secondary N) is 1. The summed E-state index contributed by atoms with van der Waals surface area (Å²) in [6.07, 6.45) is 2.96. The van der Waals surface area contributed by atoms with Crippen molar-refractivity contribution >= 4 is 11.8 Å². The summed E-state index contributed by atoms with van der Waals surface area (Å²) in [6, 6.07) is 2.03. The Kier molecular flexibility index (Phi) is 4.75. The summed E-state index contributed by atoms with van der Waals surface area (Å²) in [4.78, 5) is 1.26. The third kappa shape index (κ3) is 3.54. The molecule has 1 unspecified atom stereocenters. The van der Waals surface area contributed by atoms with Gasteiger partial charge < -0.3 is 14.5 Å². The van der Waals surface area contributed by atoms with Crippen LogP contribution >= 0.6 is 11.8 Å². The standard InChI is InChI=1S/C12H19NO2S/c1-10-12(3-6-15-10)16-7-4-13-8-11-2-5-14-9-11/h3,6,11,13H,2,4-5,7-9H2,1H3. The number of hydrogen-bond donors (Lipinski definition) is 1. The van der Waals surface area contributed by atoms with E-state index in [1.54, 1.807) is 6.26 Å². The van der Waals surface area contributed by atoms with Crippen LogP contribution in [0.4, 0.5) is 0 Å². The molecule has 0 radical (unpaired) electrons. The maximum Gasteiger partial charge on any atom is 0.114 e. The van der Waals surface area contributed by atoms with Crippen LogP contribution in [0.5, 0.6) is 0 Å². The number of thioether (sulfide) groups is 1. The van der Waals surface area contributed by atoms with Crippen LogP contribution in [0.25, 0.3) is 0 Å². The van der Waals surface area contributed by atoms with Gasteiger partial charge >= 0.3 is 0 Å². The van der Waals surface area contributed by atoms with Gasteiger partial charge in [0.15, 0.2) is 0 Å². The van der Waals surface area contributed by atoms with E-state index >= 15 is 0 Å². The Bertz CT molecular complexity index is 308. The van der Waals surface area contributed by atoms with E-state index in [-0.39, 0.29) is 0 Å². The minimum atomic E-state index is 0.723. The van der Waals surface area contributed by atoms with E-state index in [1.807, 2.05) is 24.8 Å². The van der Waals surface area contributed by atoms with Gasteiger partial charge in [0, 0.05) is 30.3 Å². The van der Waals surface area contributed by atoms with Gasteiger partial charge in [-0.1, -0.05) is 0 Å². The number of rotatable bonds is 6. The molecular formula is C12H19NO2S. The highest BCUT2D eigenvalue weighted by atomic mass is 32.2. The summed E-state index contributed by atoms with van der Waals surface area (Å²) >= 11 is 1.85. The second-order valence-corrected chi connectivity index (χ2v) is 5.26. The normalized spacial score (nSPS) is 20.4. The molecule has 1 aromatic rings. The predicted molar refractivity (Wildman–Crippen MR) is 66.0 cm³/mol. The molecule has 2 rings (SSSR count). The van der Waals surface area contributed by atoms with Gasteiger partial charge in [-0.25, -0.2) is 0 Å². The van der Waals surface area contributed by atoms with Crippen LogP contribution in [0.15, 0.2) is 21.6 Å². The molecule has 90 valence electrons. The zero-order valence-corrected chi connectivity index (χ0v) is 10.5. The summed E-state index contributed by atoms with van der Waals surface area (Å²) in [6.45, 7) is 6.01. The Morgan fingerprint density at radius 2 is 2.50 bits per heavy atom. The first-order chi connectivity index (χ1) is 7.86. The maximum absolute atomic E-state index is 5.33. The number of furan rings is 1. The molecule has 0 amide bonds. The van der Waals surface area contributed by atoms with Crippen molar-refractivity contribution < 1.29 is 9.15 Å². The van der Waals surface area contributed by atoms with Crippen LogP contribution in [-0.2, 0) is 4.74 Å². The lowest BCUT2D eigenvalue weighted by Gasteiger charge is -2.08. The fourth-order valence-corrected chi connectivity index (χ4v) is 2.68. The lowest BCUT2D eigenvalue weighted by molar-refractivity contribution is 0.185. The second kappa shape index (κ2) is 6.33. The van der Waals surface area contributed by atoms with Crippen LogP contribution in [-0.4, -0.2) is 32.1 Å². The van der Waals surface area contributed by atoms with Crippen LogP contribution in [0.1, 0.15) is 12.2 Å².